The second-order valence-corrected chi connectivity index (χ2v) is 7.61. The molecule has 0 spiro atoms. The van der Waals surface area contributed by atoms with Gasteiger partial charge in [-0.2, -0.15) is 13.2 Å². The number of urea groups is 1. The molecule has 1 aliphatic rings. The van der Waals surface area contributed by atoms with Crippen LogP contribution in [-0.2, 0) is 11.0 Å². The fraction of sp³-hybridized carbons (Fsp3) is 0.318. The average Bonchev–Trinajstić information content (AvgIpc) is 2.78. The molecule has 0 aromatic heterocycles. The topological polar surface area (TPSA) is 93.8 Å². The van der Waals surface area contributed by atoms with Gasteiger partial charge in [0.15, 0.2) is 0 Å². The van der Waals surface area contributed by atoms with Crippen molar-refractivity contribution < 1.29 is 27.6 Å². The summed E-state index contributed by atoms with van der Waals surface area (Å²) in [7, 11) is 0. The zero-order valence-corrected chi connectivity index (χ0v) is 17.9. The summed E-state index contributed by atoms with van der Waals surface area (Å²) in [6.07, 6.45) is -4.57. The second kappa shape index (κ2) is 10.3. The first-order chi connectivity index (χ1) is 15.6. The number of hydrogen-bond donors (Lipinski definition) is 3. The van der Waals surface area contributed by atoms with E-state index in [2.05, 4.69) is 16.2 Å². The van der Waals surface area contributed by atoms with Crippen molar-refractivity contribution >= 4 is 23.5 Å². The monoisotopic (exact) mass is 463 g/mol. The lowest BCUT2D eigenvalue weighted by Crippen LogP contribution is -2.55. The Hall–Kier alpha value is -3.60. The van der Waals surface area contributed by atoms with Gasteiger partial charge in [-0.05, 0) is 31.2 Å². The Bertz CT molecular complexity index is 1000. The van der Waals surface area contributed by atoms with Crippen LogP contribution < -0.4 is 16.2 Å². The van der Waals surface area contributed by atoms with Crippen LogP contribution in [0.2, 0.25) is 0 Å². The van der Waals surface area contributed by atoms with E-state index in [9.17, 15) is 27.6 Å². The third-order valence-electron chi connectivity index (χ3n) is 5.13. The summed E-state index contributed by atoms with van der Waals surface area (Å²) in [6.45, 7) is 3.08. The van der Waals surface area contributed by atoms with E-state index in [1.165, 1.54) is 23.1 Å². The molecule has 3 N–H and O–H groups in total. The van der Waals surface area contributed by atoms with E-state index in [0.717, 1.165) is 11.6 Å². The Morgan fingerprint density at radius 3 is 2.18 bits per heavy atom. The molecule has 0 saturated carbocycles. The number of amides is 4. The molecule has 33 heavy (non-hydrogen) atoms. The van der Waals surface area contributed by atoms with Gasteiger partial charge in [0.05, 0.1) is 17.8 Å². The Morgan fingerprint density at radius 1 is 0.909 bits per heavy atom. The first-order valence-electron chi connectivity index (χ1n) is 10.2. The fourth-order valence-electron chi connectivity index (χ4n) is 3.31. The van der Waals surface area contributed by atoms with Gasteiger partial charge in [0.25, 0.3) is 5.91 Å². The van der Waals surface area contributed by atoms with E-state index in [-0.39, 0.29) is 12.2 Å². The number of nitrogens with one attached hydrogen (secondary N) is 3. The highest BCUT2D eigenvalue weighted by molar-refractivity contribution is 5.95. The van der Waals surface area contributed by atoms with Crippen molar-refractivity contribution in [1.29, 1.82) is 0 Å². The van der Waals surface area contributed by atoms with Gasteiger partial charge in [0.1, 0.15) is 0 Å². The number of hydrogen-bond acceptors (Lipinski definition) is 4. The summed E-state index contributed by atoms with van der Waals surface area (Å²) in [5.41, 5.74) is 4.92. The maximum absolute atomic E-state index is 13.1. The lowest BCUT2D eigenvalue weighted by atomic mass is 10.1. The molecule has 4 amide bonds. The standard InChI is InChI=1S/C22H24F3N5O3/c1-15-6-8-16(9-7-15)20(32)27-28-21(33)30-12-10-29(11-13-30)14-19(31)26-18-5-3-2-4-17(18)22(23,24)25/h2-9H,10-14H2,1H3,(H,26,31)(H,27,32)(H,28,33). The summed E-state index contributed by atoms with van der Waals surface area (Å²) in [4.78, 5) is 39.8. The van der Waals surface area contributed by atoms with Crippen molar-refractivity contribution in [3.8, 4) is 0 Å². The summed E-state index contributed by atoms with van der Waals surface area (Å²) < 4.78 is 39.2. The Labute approximate surface area is 188 Å². The molecule has 1 aliphatic heterocycles. The van der Waals surface area contributed by atoms with Gasteiger partial charge in [-0.1, -0.05) is 29.8 Å². The maximum Gasteiger partial charge on any atom is 0.418 e. The quantitative estimate of drug-likeness (QED) is 0.608. The van der Waals surface area contributed by atoms with Gasteiger partial charge in [-0.15, -0.1) is 0 Å². The van der Waals surface area contributed by atoms with Crippen LogP contribution in [0.1, 0.15) is 21.5 Å². The highest BCUT2D eigenvalue weighted by Crippen LogP contribution is 2.34. The third-order valence-corrected chi connectivity index (χ3v) is 5.13. The van der Waals surface area contributed by atoms with E-state index in [1.807, 2.05) is 6.92 Å². The van der Waals surface area contributed by atoms with Crippen molar-refractivity contribution in [3.05, 3.63) is 65.2 Å². The van der Waals surface area contributed by atoms with Gasteiger partial charge < -0.3 is 10.2 Å². The minimum Gasteiger partial charge on any atom is -0.324 e. The molecular weight excluding hydrogens is 439 g/mol. The summed E-state index contributed by atoms with van der Waals surface area (Å²) in [5, 5.41) is 2.31. The van der Waals surface area contributed by atoms with Crippen LogP contribution >= 0.6 is 0 Å². The van der Waals surface area contributed by atoms with E-state index < -0.39 is 29.6 Å². The molecule has 1 saturated heterocycles. The van der Waals surface area contributed by atoms with Gasteiger partial charge in [-0.3, -0.25) is 19.9 Å². The van der Waals surface area contributed by atoms with Gasteiger partial charge >= 0.3 is 12.2 Å². The van der Waals surface area contributed by atoms with Gasteiger partial charge in [0.2, 0.25) is 5.91 Å². The number of anilines is 1. The molecule has 8 nitrogen and oxygen atoms in total. The zero-order chi connectivity index (χ0) is 24.0. The number of nitrogens with zero attached hydrogens (tertiary/aromatic N) is 2. The van der Waals surface area contributed by atoms with Crippen molar-refractivity contribution in [2.24, 2.45) is 0 Å². The number of carbonyl (C=O) groups is 3. The van der Waals surface area contributed by atoms with E-state index in [0.29, 0.717) is 31.7 Å². The number of alkyl halides is 3. The predicted molar refractivity (Wildman–Crippen MR) is 115 cm³/mol. The number of para-hydroxylation sites is 1. The lowest BCUT2D eigenvalue weighted by molar-refractivity contribution is -0.137. The van der Waals surface area contributed by atoms with E-state index in [1.54, 1.807) is 29.2 Å². The number of rotatable bonds is 4. The Kier molecular flexibility index (Phi) is 7.54. The SMILES string of the molecule is Cc1ccc(C(=O)NNC(=O)N2CCN(CC(=O)Nc3ccccc3C(F)(F)F)CC2)cc1. The smallest absolute Gasteiger partial charge is 0.324 e. The molecule has 0 aliphatic carbocycles. The third kappa shape index (κ3) is 6.69. The first kappa shape index (κ1) is 24.1. The first-order valence-corrected chi connectivity index (χ1v) is 10.2. The second-order valence-electron chi connectivity index (χ2n) is 7.61. The number of benzene rings is 2. The normalized spacial score (nSPS) is 14.5. The minimum atomic E-state index is -4.57. The zero-order valence-electron chi connectivity index (χ0n) is 17.9. The van der Waals surface area contributed by atoms with Crippen molar-refractivity contribution in [2.45, 2.75) is 13.1 Å². The molecule has 176 valence electrons. The fourth-order valence-corrected chi connectivity index (χ4v) is 3.31. The molecule has 2 aromatic rings. The lowest BCUT2D eigenvalue weighted by Gasteiger charge is -2.34. The van der Waals surface area contributed by atoms with Crippen LogP contribution in [0.5, 0.6) is 0 Å². The maximum atomic E-state index is 13.1. The molecular formula is C22H24F3N5O3. The van der Waals surface area contributed by atoms with E-state index >= 15 is 0 Å². The van der Waals surface area contributed by atoms with Crippen LogP contribution in [0.4, 0.5) is 23.7 Å². The van der Waals surface area contributed by atoms with Crippen molar-refractivity contribution in [3.63, 3.8) is 0 Å². The Morgan fingerprint density at radius 2 is 1.55 bits per heavy atom. The molecule has 0 radical (unpaired) electrons. The number of piperazine rings is 1. The van der Waals surface area contributed by atoms with Crippen LogP contribution in [0.15, 0.2) is 48.5 Å². The largest absolute Gasteiger partial charge is 0.418 e. The molecule has 0 bridgehead atoms. The van der Waals surface area contributed by atoms with Gasteiger partial charge in [-0.25, -0.2) is 10.2 Å². The number of hydrazine groups is 1. The summed E-state index contributed by atoms with van der Waals surface area (Å²) in [5.74, 6) is -1.02. The van der Waals surface area contributed by atoms with Crippen LogP contribution in [-0.4, -0.2) is 60.4 Å². The number of carbonyl (C=O) groups excluding carboxylic acids is 3. The average molecular weight is 463 g/mol. The molecule has 2 aromatic carbocycles. The highest BCUT2D eigenvalue weighted by atomic mass is 19.4. The molecule has 11 heteroatoms. The highest BCUT2D eigenvalue weighted by Gasteiger charge is 2.33. The Balaban J connectivity index is 1.43. The minimum absolute atomic E-state index is 0.105. The van der Waals surface area contributed by atoms with E-state index in [4.69, 9.17) is 0 Å². The molecule has 0 atom stereocenters. The van der Waals surface area contributed by atoms with Crippen LogP contribution in [0.3, 0.4) is 0 Å². The van der Waals surface area contributed by atoms with Crippen LogP contribution in [0.25, 0.3) is 0 Å². The predicted octanol–water partition coefficient (Wildman–Crippen LogP) is 2.62. The number of halogens is 3. The van der Waals surface area contributed by atoms with Crippen LogP contribution in [0, 0.1) is 6.92 Å². The molecule has 1 fully saturated rings. The van der Waals surface area contributed by atoms with Crippen molar-refractivity contribution in [2.75, 3.05) is 38.0 Å². The number of aryl methyl sites for hydroxylation is 1. The molecule has 0 unspecified atom stereocenters. The molecule has 1 heterocycles. The summed E-state index contributed by atoms with van der Waals surface area (Å²) >= 11 is 0. The van der Waals surface area contributed by atoms with Crippen molar-refractivity contribution in [1.82, 2.24) is 20.7 Å². The van der Waals surface area contributed by atoms with Gasteiger partial charge in [0, 0.05) is 31.7 Å². The molecule has 3 rings (SSSR count). The summed E-state index contributed by atoms with van der Waals surface area (Å²) in [6, 6.07) is 11.2.